The van der Waals surface area contributed by atoms with Crippen molar-refractivity contribution in [2.24, 2.45) is 0 Å². The summed E-state index contributed by atoms with van der Waals surface area (Å²) in [6, 6.07) is 5.42. The fraction of sp³-hybridized carbons (Fsp3) is 0.474. The highest BCUT2D eigenvalue weighted by Gasteiger charge is 2.28. The maximum atomic E-state index is 12.8. The summed E-state index contributed by atoms with van der Waals surface area (Å²) in [5.41, 5.74) is 2.06. The number of nitrogens with zero attached hydrogens (tertiary/aromatic N) is 4. The normalized spacial score (nSPS) is 15.9. The van der Waals surface area contributed by atoms with Crippen molar-refractivity contribution in [3.8, 4) is 0 Å². The van der Waals surface area contributed by atoms with Crippen molar-refractivity contribution in [1.82, 2.24) is 20.0 Å². The summed E-state index contributed by atoms with van der Waals surface area (Å²) in [6.07, 6.45) is 1.68. The molecule has 0 bridgehead atoms. The molecule has 1 saturated heterocycles. The van der Waals surface area contributed by atoms with Gasteiger partial charge in [-0.3, -0.25) is 4.79 Å². The third kappa shape index (κ3) is 3.09. The Labute approximate surface area is 151 Å². The zero-order valence-corrected chi connectivity index (χ0v) is 15.2. The quantitative estimate of drug-likeness (QED) is 0.713. The Morgan fingerprint density at radius 3 is 2.69 bits per heavy atom. The molecular weight excluding hydrogens is 332 g/mol. The molecule has 1 aliphatic rings. The minimum Gasteiger partial charge on any atom is -0.441 e. The number of oxazole rings is 1. The second kappa shape index (κ2) is 6.55. The summed E-state index contributed by atoms with van der Waals surface area (Å²) in [5.74, 6) is 2.54. The molecule has 0 aliphatic carbocycles. The van der Waals surface area contributed by atoms with Gasteiger partial charge in [-0.2, -0.15) is 4.98 Å². The van der Waals surface area contributed by atoms with E-state index in [1.807, 2.05) is 30.9 Å². The first-order valence-electron chi connectivity index (χ1n) is 9.01. The fourth-order valence-electron chi connectivity index (χ4n) is 3.34. The second-order valence-electron chi connectivity index (χ2n) is 7.13. The van der Waals surface area contributed by atoms with Crippen LogP contribution in [0.1, 0.15) is 66.5 Å². The Balaban J connectivity index is 1.43. The number of hydrogen-bond acceptors (Lipinski definition) is 6. The average Bonchev–Trinajstić information content (AvgIpc) is 3.26. The van der Waals surface area contributed by atoms with Crippen molar-refractivity contribution in [2.45, 2.75) is 45.4 Å². The van der Waals surface area contributed by atoms with Crippen LogP contribution in [0.2, 0.25) is 0 Å². The lowest BCUT2D eigenvalue weighted by atomic mass is 9.95. The van der Waals surface area contributed by atoms with E-state index in [1.54, 1.807) is 13.0 Å². The molecule has 0 spiro atoms. The van der Waals surface area contributed by atoms with Crippen LogP contribution >= 0.6 is 0 Å². The largest absolute Gasteiger partial charge is 0.441 e. The van der Waals surface area contributed by atoms with Crippen LogP contribution in [0.25, 0.3) is 11.1 Å². The number of aromatic nitrogens is 3. The highest BCUT2D eigenvalue weighted by molar-refractivity contribution is 5.97. The first-order chi connectivity index (χ1) is 12.5. The topological polar surface area (TPSA) is 85.3 Å². The highest BCUT2D eigenvalue weighted by atomic mass is 16.5. The molecule has 3 heterocycles. The van der Waals surface area contributed by atoms with E-state index in [0.29, 0.717) is 36.0 Å². The minimum absolute atomic E-state index is 0.0235. The van der Waals surface area contributed by atoms with Gasteiger partial charge in [0.25, 0.3) is 5.91 Å². The molecule has 1 fully saturated rings. The molecule has 7 heteroatoms. The van der Waals surface area contributed by atoms with Gasteiger partial charge in [-0.05, 0) is 31.0 Å². The number of carbonyl (C=O) groups is 1. The van der Waals surface area contributed by atoms with Gasteiger partial charge in [0.15, 0.2) is 17.3 Å². The van der Waals surface area contributed by atoms with E-state index >= 15 is 0 Å². The second-order valence-corrected chi connectivity index (χ2v) is 7.13. The zero-order valence-electron chi connectivity index (χ0n) is 15.2. The standard InChI is InChI=1S/C19H22N4O3/c1-11(2)18-21-17(22-26-18)13-6-8-23(9-7-13)19(24)14-4-5-15-16(10-14)25-12(3)20-15/h4-5,10-11,13H,6-9H2,1-3H3. The summed E-state index contributed by atoms with van der Waals surface area (Å²) >= 11 is 0. The van der Waals surface area contributed by atoms with Gasteiger partial charge in [0, 0.05) is 37.4 Å². The summed E-state index contributed by atoms with van der Waals surface area (Å²) in [4.78, 5) is 23.4. The van der Waals surface area contributed by atoms with Crippen LogP contribution in [0.4, 0.5) is 0 Å². The highest BCUT2D eigenvalue weighted by Crippen LogP contribution is 2.28. The number of aryl methyl sites for hydroxylation is 1. The molecule has 1 aromatic carbocycles. The minimum atomic E-state index is 0.0235. The molecular formula is C19H22N4O3. The predicted octanol–water partition coefficient (Wildman–Crippen LogP) is 3.66. The molecule has 2 aromatic heterocycles. The number of piperidine rings is 1. The van der Waals surface area contributed by atoms with Gasteiger partial charge in [-0.25, -0.2) is 4.98 Å². The lowest BCUT2D eigenvalue weighted by Crippen LogP contribution is -2.38. The zero-order chi connectivity index (χ0) is 18.3. The first-order valence-corrected chi connectivity index (χ1v) is 9.01. The monoisotopic (exact) mass is 354 g/mol. The van der Waals surface area contributed by atoms with Crippen molar-refractivity contribution < 1.29 is 13.7 Å². The van der Waals surface area contributed by atoms with Gasteiger partial charge in [-0.15, -0.1) is 0 Å². The van der Waals surface area contributed by atoms with E-state index in [1.165, 1.54) is 0 Å². The Kier molecular flexibility index (Phi) is 4.22. The molecule has 0 atom stereocenters. The number of fused-ring (bicyclic) bond motifs is 1. The van der Waals surface area contributed by atoms with Crippen LogP contribution in [-0.2, 0) is 0 Å². The molecule has 0 unspecified atom stereocenters. The maximum Gasteiger partial charge on any atom is 0.253 e. The van der Waals surface area contributed by atoms with E-state index in [-0.39, 0.29) is 17.7 Å². The number of hydrogen-bond donors (Lipinski definition) is 0. The van der Waals surface area contributed by atoms with Crippen molar-refractivity contribution in [1.29, 1.82) is 0 Å². The van der Waals surface area contributed by atoms with Crippen molar-refractivity contribution >= 4 is 17.0 Å². The van der Waals surface area contributed by atoms with E-state index in [9.17, 15) is 4.79 Å². The fourth-order valence-corrected chi connectivity index (χ4v) is 3.34. The SMILES string of the molecule is Cc1nc2ccc(C(=O)N3CCC(c4noc(C(C)C)n4)CC3)cc2o1. The Hall–Kier alpha value is -2.70. The lowest BCUT2D eigenvalue weighted by Gasteiger charge is -2.30. The van der Waals surface area contributed by atoms with E-state index in [0.717, 1.165) is 24.2 Å². The average molecular weight is 354 g/mol. The molecule has 0 saturated carbocycles. The van der Waals surface area contributed by atoms with Crippen LogP contribution in [-0.4, -0.2) is 39.0 Å². The van der Waals surface area contributed by atoms with Crippen LogP contribution < -0.4 is 0 Å². The van der Waals surface area contributed by atoms with Crippen molar-refractivity contribution in [3.05, 3.63) is 41.4 Å². The molecule has 1 amide bonds. The van der Waals surface area contributed by atoms with Gasteiger partial charge in [-0.1, -0.05) is 19.0 Å². The van der Waals surface area contributed by atoms with Crippen molar-refractivity contribution in [2.75, 3.05) is 13.1 Å². The van der Waals surface area contributed by atoms with E-state index in [4.69, 9.17) is 8.94 Å². The summed E-state index contributed by atoms with van der Waals surface area (Å²) in [5, 5.41) is 4.12. The van der Waals surface area contributed by atoms with Crippen LogP contribution in [0.15, 0.2) is 27.1 Å². The van der Waals surface area contributed by atoms with Gasteiger partial charge in [0.1, 0.15) is 5.52 Å². The van der Waals surface area contributed by atoms with Crippen molar-refractivity contribution in [3.63, 3.8) is 0 Å². The number of rotatable bonds is 3. The predicted molar refractivity (Wildman–Crippen MR) is 95.0 cm³/mol. The lowest BCUT2D eigenvalue weighted by molar-refractivity contribution is 0.0710. The van der Waals surface area contributed by atoms with E-state index < -0.39 is 0 Å². The molecule has 0 N–H and O–H groups in total. The molecule has 7 nitrogen and oxygen atoms in total. The molecule has 3 aromatic rings. The Morgan fingerprint density at radius 1 is 1.23 bits per heavy atom. The summed E-state index contributed by atoms with van der Waals surface area (Å²) in [7, 11) is 0. The Morgan fingerprint density at radius 2 is 2.00 bits per heavy atom. The smallest absolute Gasteiger partial charge is 0.253 e. The molecule has 1 aliphatic heterocycles. The molecule has 0 radical (unpaired) electrons. The van der Waals surface area contributed by atoms with Gasteiger partial charge >= 0.3 is 0 Å². The number of benzene rings is 1. The first kappa shape index (κ1) is 16.8. The third-order valence-corrected chi connectivity index (χ3v) is 4.84. The number of carbonyl (C=O) groups excluding carboxylic acids is 1. The third-order valence-electron chi connectivity index (χ3n) is 4.84. The molecule has 26 heavy (non-hydrogen) atoms. The van der Waals surface area contributed by atoms with Crippen LogP contribution in [0, 0.1) is 6.92 Å². The van der Waals surface area contributed by atoms with Gasteiger partial charge in [0.2, 0.25) is 5.89 Å². The molecule has 4 rings (SSSR count). The van der Waals surface area contributed by atoms with Crippen LogP contribution in [0.3, 0.4) is 0 Å². The Bertz CT molecular complexity index is 935. The summed E-state index contributed by atoms with van der Waals surface area (Å²) < 4.78 is 10.8. The van der Waals surface area contributed by atoms with Gasteiger partial charge < -0.3 is 13.8 Å². The van der Waals surface area contributed by atoms with Crippen LogP contribution in [0.5, 0.6) is 0 Å². The number of amides is 1. The van der Waals surface area contributed by atoms with E-state index in [2.05, 4.69) is 15.1 Å². The van der Waals surface area contributed by atoms with Gasteiger partial charge in [0.05, 0.1) is 0 Å². The number of likely N-dealkylation sites (tertiary alicyclic amines) is 1. The summed E-state index contributed by atoms with van der Waals surface area (Å²) in [6.45, 7) is 7.23. The molecule has 136 valence electrons. The maximum absolute atomic E-state index is 12.8.